The second-order valence-corrected chi connectivity index (χ2v) is 6.29. The number of nitriles is 1. The molecule has 22 heavy (non-hydrogen) atoms. The summed E-state index contributed by atoms with van der Waals surface area (Å²) >= 11 is 1.61. The first kappa shape index (κ1) is 16.1. The molecule has 0 aliphatic rings. The molecule has 0 aliphatic heterocycles. The topological polar surface area (TPSA) is 52.9 Å². The first-order chi connectivity index (χ1) is 10.7. The van der Waals surface area contributed by atoms with E-state index in [2.05, 4.69) is 23.5 Å². The van der Waals surface area contributed by atoms with Gasteiger partial charge in [0, 0.05) is 11.4 Å². The Morgan fingerprint density at radius 2 is 1.82 bits per heavy atom. The Hall–Kier alpha value is -2.25. The van der Waals surface area contributed by atoms with Crippen LogP contribution >= 0.6 is 11.8 Å². The SMILES string of the molecule is C[C@@H](SCc1ccccc1)C(=O)Nc1ccc(CC#N)cc1. The minimum Gasteiger partial charge on any atom is -0.325 e. The average Bonchev–Trinajstić information content (AvgIpc) is 2.55. The van der Waals surface area contributed by atoms with E-state index >= 15 is 0 Å². The van der Waals surface area contributed by atoms with E-state index in [1.807, 2.05) is 49.4 Å². The number of amides is 1. The molecule has 2 aromatic carbocycles. The van der Waals surface area contributed by atoms with Crippen LogP contribution in [0.5, 0.6) is 0 Å². The lowest BCUT2D eigenvalue weighted by Gasteiger charge is -2.12. The number of nitrogens with zero attached hydrogens (tertiary/aromatic N) is 1. The summed E-state index contributed by atoms with van der Waals surface area (Å²) in [5.74, 6) is 0.810. The second kappa shape index (κ2) is 8.26. The molecule has 1 N–H and O–H groups in total. The predicted molar refractivity (Wildman–Crippen MR) is 91.6 cm³/mol. The monoisotopic (exact) mass is 310 g/mol. The Kier molecular flexibility index (Phi) is 6.05. The fourth-order valence-electron chi connectivity index (χ4n) is 1.91. The zero-order chi connectivity index (χ0) is 15.8. The molecule has 1 atom stereocenters. The standard InChI is InChI=1S/C18H18N2OS/c1-14(22-13-16-5-3-2-4-6-16)18(21)20-17-9-7-15(8-10-17)11-12-19/h2-10,14H,11,13H2,1H3,(H,20,21)/t14-/m1/s1. The van der Waals surface area contributed by atoms with Crippen LogP contribution < -0.4 is 5.32 Å². The number of carbonyl (C=O) groups is 1. The van der Waals surface area contributed by atoms with Gasteiger partial charge in [0.2, 0.25) is 5.91 Å². The molecular weight excluding hydrogens is 292 g/mol. The summed E-state index contributed by atoms with van der Waals surface area (Å²) in [6.07, 6.45) is 0.386. The van der Waals surface area contributed by atoms with Crippen molar-refractivity contribution in [2.45, 2.75) is 24.3 Å². The fourth-order valence-corrected chi connectivity index (χ4v) is 2.76. The molecule has 0 fully saturated rings. The smallest absolute Gasteiger partial charge is 0.237 e. The number of benzene rings is 2. The zero-order valence-electron chi connectivity index (χ0n) is 12.5. The summed E-state index contributed by atoms with van der Waals surface area (Å²) in [6.45, 7) is 1.91. The molecule has 4 heteroatoms. The molecule has 0 radical (unpaired) electrons. The lowest BCUT2D eigenvalue weighted by molar-refractivity contribution is -0.115. The third-order valence-electron chi connectivity index (χ3n) is 3.22. The van der Waals surface area contributed by atoms with E-state index in [4.69, 9.17) is 5.26 Å². The summed E-state index contributed by atoms with van der Waals surface area (Å²) in [5, 5.41) is 11.4. The summed E-state index contributed by atoms with van der Waals surface area (Å²) < 4.78 is 0. The van der Waals surface area contributed by atoms with E-state index in [9.17, 15) is 4.79 Å². The Labute approximate surface area is 135 Å². The quantitative estimate of drug-likeness (QED) is 0.877. The van der Waals surface area contributed by atoms with Crippen LogP contribution in [0.1, 0.15) is 18.1 Å². The maximum atomic E-state index is 12.2. The minimum absolute atomic E-state index is 0.00559. The molecule has 0 aromatic heterocycles. The van der Waals surface area contributed by atoms with Gasteiger partial charge in [-0.05, 0) is 30.2 Å². The molecule has 0 unspecified atom stereocenters. The van der Waals surface area contributed by atoms with Crippen molar-refractivity contribution in [3.05, 3.63) is 65.7 Å². The molecule has 2 rings (SSSR count). The highest BCUT2D eigenvalue weighted by Gasteiger charge is 2.13. The Balaban J connectivity index is 1.84. The van der Waals surface area contributed by atoms with E-state index in [0.29, 0.717) is 6.42 Å². The molecule has 0 heterocycles. The van der Waals surface area contributed by atoms with Crippen LogP contribution in [0.2, 0.25) is 0 Å². The molecule has 0 saturated carbocycles. The van der Waals surface area contributed by atoms with Crippen molar-refractivity contribution in [2.24, 2.45) is 0 Å². The number of hydrogen-bond acceptors (Lipinski definition) is 3. The van der Waals surface area contributed by atoms with Crippen LogP contribution in [-0.2, 0) is 17.0 Å². The van der Waals surface area contributed by atoms with Gasteiger partial charge in [-0.3, -0.25) is 4.79 Å². The van der Waals surface area contributed by atoms with Crippen molar-refractivity contribution >= 4 is 23.4 Å². The van der Waals surface area contributed by atoms with E-state index in [1.54, 1.807) is 11.8 Å². The maximum absolute atomic E-state index is 12.2. The van der Waals surface area contributed by atoms with E-state index in [0.717, 1.165) is 17.0 Å². The fraction of sp³-hybridized carbons (Fsp3) is 0.222. The van der Waals surface area contributed by atoms with Gasteiger partial charge in [-0.2, -0.15) is 5.26 Å². The van der Waals surface area contributed by atoms with Crippen molar-refractivity contribution in [2.75, 3.05) is 5.32 Å². The van der Waals surface area contributed by atoms with Crippen LogP contribution in [0.25, 0.3) is 0 Å². The molecular formula is C18H18N2OS. The van der Waals surface area contributed by atoms with E-state index in [-0.39, 0.29) is 11.2 Å². The Morgan fingerprint density at radius 1 is 1.14 bits per heavy atom. The van der Waals surface area contributed by atoms with Gasteiger partial charge in [0.15, 0.2) is 0 Å². The van der Waals surface area contributed by atoms with Gasteiger partial charge in [0.05, 0.1) is 17.7 Å². The molecule has 0 saturated heterocycles. The van der Waals surface area contributed by atoms with Gasteiger partial charge in [-0.25, -0.2) is 0 Å². The predicted octanol–water partition coefficient (Wildman–Crippen LogP) is 4.01. The molecule has 3 nitrogen and oxygen atoms in total. The lowest BCUT2D eigenvalue weighted by atomic mass is 10.1. The van der Waals surface area contributed by atoms with Crippen molar-refractivity contribution in [1.82, 2.24) is 0 Å². The van der Waals surface area contributed by atoms with Crippen LogP contribution in [0.3, 0.4) is 0 Å². The van der Waals surface area contributed by atoms with Crippen LogP contribution in [-0.4, -0.2) is 11.2 Å². The summed E-state index contributed by atoms with van der Waals surface area (Å²) in [7, 11) is 0. The number of anilines is 1. The number of nitrogens with one attached hydrogen (secondary N) is 1. The van der Waals surface area contributed by atoms with E-state index < -0.39 is 0 Å². The number of rotatable bonds is 6. The summed E-state index contributed by atoms with van der Waals surface area (Å²) in [6, 6.07) is 19.6. The Morgan fingerprint density at radius 3 is 2.45 bits per heavy atom. The van der Waals surface area contributed by atoms with Crippen molar-refractivity contribution in [1.29, 1.82) is 5.26 Å². The van der Waals surface area contributed by atoms with Crippen LogP contribution in [0.4, 0.5) is 5.69 Å². The first-order valence-electron chi connectivity index (χ1n) is 7.11. The average molecular weight is 310 g/mol. The minimum atomic E-state index is -0.126. The van der Waals surface area contributed by atoms with Crippen molar-refractivity contribution < 1.29 is 4.79 Å². The molecule has 0 spiro atoms. The van der Waals surface area contributed by atoms with Gasteiger partial charge >= 0.3 is 0 Å². The van der Waals surface area contributed by atoms with Gasteiger partial charge in [0.1, 0.15) is 0 Å². The highest BCUT2D eigenvalue weighted by atomic mass is 32.2. The largest absolute Gasteiger partial charge is 0.325 e. The van der Waals surface area contributed by atoms with Crippen molar-refractivity contribution in [3.63, 3.8) is 0 Å². The molecule has 1 amide bonds. The van der Waals surface area contributed by atoms with Gasteiger partial charge in [0.25, 0.3) is 0 Å². The van der Waals surface area contributed by atoms with Gasteiger partial charge in [-0.15, -0.1) is 11.8 Å². The van der Waals surface area contributed by atoms with Crippen molar-refractivity contribution in [3.8, 4) is 6.07 Å². The van der Waals surface area contributed by atoms with Crippen LogP contribution in [0.15, 0.2) is 54.6 Å². The summed E-state index contributed by atoms with van der Waals surface area (Å²) in [4.78, 5) is 12.2. The first-order valence-corrected chi connectivity index (χ1v) is 8.16. The summed E-state index contributed by atoms with van der Waals surface area (Å²) in [5.41, 5.74) is 2.93. The maximum Gasteiger partial charge on any atom is 0.237 e. The lowest BCUT2D eigenvalue weighted by Crippen LogP contribution is -2.22. The number of carbonyl (C=O) groups excluding carboxylic acids is 1. The van der Waals surface area contributed by atoms with E-state index in [1.165, 1.54) is 5.56 Å². The number of thioether (sulfide) groups is 1. The Bertz CT molecular complexity index is 647. The number of hydrogen-bond donors (Lipinski definition) is 1. The van der Waals surface area contributed by atoms with Crippen LogP contribution in [0, 0.1) is 11.3 Å². The zero-order valence-corrected chi connectivity index (χ0v) is 13.3. The highest BCUT2D eigenvalue weighted by molar-refractivity contribution is 7.99. The third-order valence-corrected chi connectivity index (χ3v) is 4.43. The normalized spacial score (nSPS) is 11.5. The highest BCUT2D eigenvalue weighted by Crippen LogP contribution is 2.19. The molecule has 0 aliphatic carbocycles. The second-order valence-electron chi connectivity index (χ2n) is 4.96. The van der Waals surface area contributed by atoms with Gasteiger partial charge < -0.3 is 5.32 Å². The molecule has 2 aromatic rings. The molecule has 0 bridgehead atoms. The third kappa shape index (κ3) is 4.94. The van der Waals surface area contributed by atoms with Gasteiger partial charge in [-0.1, -0.05) is 42.5 Å². The molecule has 112 valence electrons.